The van der Waals surface area contributed by atoms with Crippen LogP contribution in [0, 0.1) is 5.92 Å². The molecule has 5 heteroatoms. The highest BCUT2D eigenvalue weighted by Gasteiger charge is 2.30. The summed E-state index contributed by atoms with van der Waals surface area (Å²) in [6.07, 6.45) is 1.12. The Balaban J connectivity index is 0.00000196. The molecule has 0 radical (unpaired) electrons. The molecule has 0 aromatic heterocycles. The zero-order valence-corrected chi connectivity index (χ0v) is 10.4. The molecule has 0 spiro atoms. The topological polar surface area (TPSA) is 55.6 Å². The Hall–Kier alpha value is -0.320. The third-order valence-corrected chi connectivity index (χ3v) is 2.79. The van der Waals surface area contributed by atoms with Gasteiger partial charge in [-0.3, -0.25) is 4.79 Å². The van der Waals surface area contributed by atoms with Crippen LogP contribution in [0.25, 0.3) is 0 Å². The van der Waals surface area contributed by atoms with E-state index in [0.29, 0.717) is 6.54 Å². The lowest BCUT2D eigenvalue weighted by Gasteiger charge is -2.22. The number of methoxy groups -OCH3 is 1. The number of likely N-dealkylation sites (tertiary alicyclic amines) is 1. The third-order valence-electron chi connectivity index (χ3n) is 2.79. The van der Waals surface area contributed by atoms with Gasteiger partial charge in [0.1, 0.15) is 0 Å². The van der Waals surface area contributed by atoms with Crippen molar-refractivity contribution in [1.29, 1.82) is 0 Å². The predicted octanol–water partition coefficient (Wildman–Crippen LogP) is 0.639. The second-order valence-electron chi connectivity index (χ2n) is 4.20. The summed E-state index contributed by atoms with van der Waals surface area (Å²) < 4.78 is 5.20. The molecule has 1 aliphatic rings. The van der Waals surface area contributed by atoms with Crippen molar-refractivity contribution in [2.24, 2.45) is 11.7 Å². The highest BCUT2D eigenvalue weighted by molar-refractivity contribution is 5.85. The first-order valence-electron chi connectivity index (χ1n) is 5.13. The maximum atomic E-state index is 11.8. The van der Waals surface area contributed by atoms with Crippen molar-refractivity contribution in [1.82, 2.24) is 4.90 Å². The van der Waals surface area contributed by atoms with Gasteiger partial charge in [-0.2, -0.15) is 0 Å². The minimum atomic E-state index is -0.370. The predicted molar refractivity (Wildman–Crippen MR) is 62.1 cm³/mol. The Morgan fingerprint density at radius 3 is 2.53 bits per heavy atom. The third kappa shape index (κ3) is 3.63. The fraction of sp³-hybridized carbons (Fsp3) is 0.900. The van der Waals surface area contributed by atoms with Gasteiger partial charge in [-0.1, -0.05) is 13.8 Å². The van der Waals surface area contributed by atoms with Crippen LogP contribution in [0.3, 0.4) is 0 Å². The molecule has 1 saturated heterocycles. The van der Waals surface area contributed by atoms with Crippen LogP contribution in [-0.4, -0.2) is 43.2 Å². The largest absolute Gasteiger partial charge is 0.380 e. The highest BCUT2D eigenvalue weighted by Crippen LogP contribution is 2.14. The van der Waals surface area contributed by atoms with Crippen LogP contribution in [0.5, 0.6) is 0 Å². The number of halogens is 1. The molecule has 1 heterocycles. The molecule has 0 bridgehead atoms. The van der Waals surface area contributed by atoms with Gasteiger partial charge in [-0.05, 0) is 12.3 Å². The SMILES string of the molecule is CO[C@H]1CCN(C(=O)[C@H](N)C(C)C)C1.Cl. The average Bonchev–Trinajstić information content (AvgIpc) is 2.63. The molecule has 2 N–H and O–H groups in total. The van der Waals surface area contributed by atoms with Gasteiger partial charge in [0.2, 0.25) is 5.91 Å². The zero-order valence-electron chi connectivity index (χ0n) is 9.60. The van der Waals surface area contributed by atoms with Crippen molar-refractivity contribution in [2.45, 2.75) is 32.4 Å². The summed E-state index contributed by atoms with van der Waals surface area (Å²) in [6, 6.07) is -0.370. The van der Waals surface area contributed by atoms with Gasteiger partial charge >= 0.3 is 0 Å². The molecule has 0 aromatic carbocycles. The molecule has 1 aliphatic heterocycles. The van der Waals surface area contributed by atoms with Crippen LogP contribution in [0.4, 0.5) is 0 Å². The summed E-state index contributed by atoms with van der Waals surface area (Å²) in [7, 11) is 1.68. The van der Waals surface area contributed by atoms with E-state index in [1.807, 2.05) is 13.8 Å². The number of hydrogen-bond acceptors (Lipinski definition) is 3. The number of ether oxygens (including phenoxy) is 1. The van der Waals surface area contributed by atoms with Crippen LogP contribution < -0.4 is 5.73 Å². The van der Waals surface area contributed by atoms with E-state index in [0.717, 1.165) is 13.0 Å². The van der Waals surface area contributed by atoms with Gasteiger partial charge in [-0.25, -0.2) is 0 Å². The summed E-state index contributed by atoms with van der Waals surface area (Å²) in [5.41, 5.74) is 5.79. The lowest BCUT2D eigenvalue weighted by molar-refractivity contribution is -0.132. The number of carbonyl (C=O) groups excluding carboxylic acids is 1. The molecule has 0 aliphatic carbocycles. The second-order valence-corrected chi connectivity index (χ2v) is 4.20. The quantitative estimate of drug-likeness (QED) is 0.783. The summed E-state index contributed by atoms with van der Waals surface area (Å²) in [6.45, 7) is 5.40. The van der Waals surface area contributed by atoms with Crippen LogP contribution in [-0.2, 0) is 9.53 Å². The van der Waals surface area contributed by atoms with Gasteiger partial charge in [0.05, 0.1) is 12.1 Å². The first kappa shape index (κ1) is 14.7. The molecule has 0 unspecified atom stereocenters. The number of hydrogen-bond donors (Lipinski definition) is 1. The zero-order chi connectivity index (χ0) is 10.7. The van der Waals surface area contributed by atoms with E-state index in [4.69, 9.17) is 10.5 Å². The van der Waals surface area contributed by atoms with E-state index >= 15 is 0 Å². The molecule has 1 fully saturated rings. The molecule has 15 heavy (non-hydrogen) atoms. The molecule has 2 atom stereocenters. The van der Waals surface area contributed by atoms with Crippen molar-refractivity contribution in [3.8, 4) is 0 Å². The number of nitrogens with two attached hydrogens (primary N) is 1. The van der Waals surface area contributed by atoms with Gasteiger partial charge in [0.25, 0.3) is 0 Å². The van der Waals surface area contributed by atoms with E-state index in [-0.39, 0.29) is 36.4 Å². The number of rotatable bonds is 3. The molecular formula is C10H21ClN2O2. The smallest absolute Gasteiger partial charge is 0.239 e. The van der Waals surface area contributed by atoms with E-state index in [2.05, 4.69) is 0 Å². The molecule has 0 aromatic rings. The molecule has 0 saturated carbocycles. The molecule has 4 nitrogen and oxygen atoms in total. The van der Waals surface area contributed by atoms with Crippen molar-refractivity contribution in [3.05, 3.63) is 0 Å². The van der Waals surface area contributed by atoms with E-state index in [9.17, 15) is 4.79 Å². The molecule has 1 rings (SSSR count). The van der Waals surface area contributed by atoms with Gasteiger partial charge in [0.15, 0.2) is 0 Å². The maximum absolute atomic E-state index is 11.8. The molecule has 90 valence electrons. The van der Waals surface area contributed by atoms with Crippen molar-refractivity contribution >= 4 is 18.3 Å². The standard InChI is InChI=1S/C10H20N2O2.ClH/c1-7(2)9(11)10(13)12-5-4-8(6-12)14-3;/h7-9H,4-6,11H2,1-3H3;1H/t8-,9+;/m0./s1. The van der Waals surface area contributed by atoms with Crippen LogP contribution >= 0.6 is 12.4 Å². The minimum absolute atomic E-state index is 0. The van der Waals surface area contributed by atoms with Gasteiger partial charge in [0, 0.05) is 20.2 Å². The fourth-order valence-corrected chi connectivity index (χ4v) is 1.62. The summed E-state index contributed by atoms with van der Waals surface area (Å²) in [4.78, 5) is 13.6. The number of amides is 1. The highest BCUT2D eigenvalue weighted by atomic mass is 35.5. The molecular weight excluding hydrogens is 216 g/mol. The lowest BCUT2D eigenvalue weighted by atomic mass is 10.0. The summed E-state index contributed by atoms with van der Waals surface area (Å²) >= 11 is 0. The van der Waals surface area contributed by atoms with Crippen molar-refractivity contribution in [3.63, 3.8) is 0 Å². The van der Waals surface area contributed by atoms with E-state index < -0.39 is 0 Å². The van der Waals surface area contributed by atoms with Crippen LogP contribution in [0.1, 0.15) is 20.3 Å². The second kappa shape index (κ2) is 6.30. The number of carbonyl (C=O) groups is 1. The lowest BCUT2D eigenvalue weighted by Crippen LogP contribution is -2.45. The first-order chi connectivity index (χ1) is 6.56. The Morgan fingerprint density at radius 2 is 2.13 bits per heavy atom. The van der Waals surface area contributed by atoms with Gasteiger partial charge in [-0.15, -0.1) is 12.4 Å². The Labute approximate surface area is 97.5 Å². The van der Waals surface area contributed by atoms with Crippen LogP contribution in [0.15, 0.2) is 0 Å². The maximum Gasteiger partial charge on any atom is 0.239 e. The van der Waals surface area contributed by atoms with E-state index in [1.165, 1.54) is 0 Å². The monoisotopic (exact) mass is 236 g/mol. The van der Waals surface area contributed by atoms with E-state index in [1.54, 1.807) is 12.0 Å². The Bertz CT molecular complexity index is 212. The van der Waals surface area contributed by atoms with Crippen LogP contribution in [0.2, 0.25) is 0 Å². The fourth-order valence-electron chi connectivity index (χ4n) is 1.62. The summed E-state index contributed by atoms with van der Waals surface area (Å²) in [5.74, 6) is 0.253. The first-order valence-corrected chi connectivity index (χ1v) is 5.13. The van der Waals surface area contributed by atoms with Gasteiger partial charge < -0.3 is 15.4 Å². The normalized spacial score (nSPS) is 22.7. The van der Waals surface area contributed by atoms with Crippen molar-refractivity contribution < 1.29 is 9.53 Å². The number of nitrogens with zero attached hydrogens (tertiary/aromatic N) is 1. The Morgan fingerprint density at radius 1 is 1.53 bits per heavy atom. The molecule has 1 amide bonds. The summed E-state index contributed by atoms with van der Waals surface area (Å²) in [5, 5.41) is 0. The minimum Gasteiger partial charge on any atom is -0.380 e. The van der Waals surface area contributed by atoms with Crippen molar-refractivity contribution in [2.75, 3.05) is 20.2 Å². The Kier molecular flexibility index (Phi) is 6.17. The average molecular weight is 237 g/mol.